The molecule has 1 nitrogen and oxygen atoms in total. The van der Waals surface area contributed by atoms with Gasteiger partial charge in [0.1, 0.15) is 0 Å². The largest absolute Gasteiger partial charge is 0.375 e. The summed E-state index contributed by atoms with van der Waals surface area (Å²) in [5.74, 6) is 0. The van der Waals surface area contributed by atoms with Gasteiger partial charge in [-0.3, -0.25) is 0 Å². The summed E-state index contributed by atoms with van der Waals surface area (Å²) in [7, 11) is 2.16. The molecule has 0 unspecified atom stereocenters. The van der Waals surface area contributed by atoms with Gasteiger partial charge in [0.15, 0.2) is 0 Å². The Morgan fingerprint density at radius 3 is 2.29 bits per heavy atom. The fraction of sp³-hybridized carbons (Fsp3) is 0.200. The second kappa shape index (κ2) is 6.45. The van der Waals surface area contributed by atoms with Gasteiger partial charge in [-0.25, -0.2) is 0 Å². The first-order valence-corrected chi connectivity index (χ1v) is 7.57. The van der Waals surface area contributed by atoms with Crippen molar-refractivity contribution in [3.8, 4) is 0 Å². The Bertz CT molecular complexity index is 703. The van der Waals surface area contributed by atoms with Crippen LogP contribution < -0.4 is 4.90 Å². The van der Waals surface area contributed by atoms with E-state index in [0.717, 1.165) is 13.0 Å². The maximum absolute atomic E-state index is 2.32. The van der Waals surface area contributed by atoms with Crippen LogP contribution in [0.2, 0.25) is 0 Å². The van der Waals surface area contributed by atoms with Crippen LogP contribution in [0.15, 0.2) is 72.8 Å². The molecule has 3 rings (SSSR count). The second-order valence-electron chi connectivity index (χ2n) is 5.54. The van der Waals surface area contributed by atoms with Crippen molar-refractivity contribution in [2.45, 2.75) is 12.8 Å². The number of rotatable bonds is 5. The molecule has 0 aromatic heterocycles. The number of aryl methyl sites for hydroxylation is 1. The second-order valence-corrected chi connectivity index (χ2v) is 5.54. The van der Waals surface area contributed by atoms with Crippen LogP contribution in [-0.2, 0) is 6.42 Å². The summed E-state index contributed by atoms with van der Waals surface area (Å²) in [5.41, 5.74) is 2.71. The molecule has 0 bridgehead atoms. The molecular formula is C20H21N. The average Bonchev–Trinajstić information content (AvgIpc) is 2.55. The Morgan fingerprint density at radius 1 is 0.762 bits per heavy atom. The van der Waals surface area contributed by atoms with E-state index < -0.39 is 0 Å². The molecule has 3 aromatic rings. The number of fused-ring (bicyclic) bond motifs is 1. The first-order valence-electron chi connectivity index (χ1n) is 7.57. The van der Waals surface area contributed by atoms with Crippen LogP contribution in [0.4, 0.5) is 5.69 Å². The van der Waals surface area contributed by atoms with Gasteiger partial charge in [-0.2, -0.15) is 0 Å². The molecule has 0 radical (unpaired) electrons. The van der Waals surface area contributed by atoms with Gasteiger partial charge in [0.2, 0.25) is 0 Å². The van der Waals surface area contributed by atoms with E-state index in [2.05, 4.69) is 84.7 Å². The molecule has 0 amide bonds. The van der Waals surface area contributed by atoms with Gasteiger partial charge in [0.25, 0.3) is 0 Å². The van der Waals surface area contributed by atoms with E-state index in [1.54, 1.807) is 0 Å². The molecule has 1 heteroatoms. The molecule has 21 heavy (non-hydrogen) atoms. The lowest BCUT2D eigenvalue weighted by Gasteiger charge is -2.19. The molecule has 0 fully saturated rings. The summed E-state index contributed by atoms with van der Waals surface area (Å²) in [5, 5.41) is 2.66. The molecule has 0 aliphatic heterocycles. The minimum atomic E-state index is 1.08. The van der Waals surface area contributed by atoms with Gasteiger partial charge < -0.3 is 4.90 Å². The topological polar surface area (TPSA) is 3.24 Å². The van der Waals surface area contributed by atoms with Crippen LogP contribution in [0.25, 0.3) is 10.8 Å². The molecule has 0 heterocycles. The number of nitrogens with zero attached hydrogens (tertiary/aromatic N) is 1. The molecule has 0 aliphatic rings. The molecule has 3 aromatic carbocycles. The van der Waals surface area contributed by atoms with E-state index in [0.29, 0.717) is 0 Å². The van der Waals surface area contributed by atoms with E-state index in [1.165, 1.54) is 28.4 Å². The minimum Gasteiger partial charge on any atom is -0.375 e. The van der Waals surface area contributed by atoms with Crippen molar-refractivity contribution in [1.29, 1.82) is 0 Å². The Morgan fingerprint density at radius 2 is 1.48 bits per heavy atom. The van der Waals surface area contributed by atoms with Crippen molar-refractivity contribution < 1.29 is 0 Å². The van der Waals surface area contributed by atoms with E-state index in [-0.39, 0.29) is 0 Å². The normalized spacial score (nSPS) is 10.7. The SMILES string of the molecule is CN(CCCc1ccc2ccccc2c1)c1ccccc1. The Kier molecular flexibility index (Phi) is 4.20. The molecule has 0 atom stereocenters. The predicted molar refractivity (Wildman–Crippen MR) is 92.0 cm³/mol. The highest BCUT2D eigenvalue weighted by Gasteiger charge is 2.01. The van der Waals surface area contributed by atoms with E-state index in [4.69, 9.17) is 0 Å². The Balaban J connectivity index is 1.59. The van der Waals surface area contributed by atoms with E-state index in [1.807, 2.05) is 0 Å². The fourth-order valence-electron chi connectivity index (χ4n) is 2.73. The van der Waals surface area contributed by atoms with Gasteiger partial charge in [0.05, 0.1) is 0 Å². The average molecular weight is 275 g/mol. The van der Waals surface area contributed by atoms with Gasteiger partial charge in [0, 0.05) is 19.3 Å². The van der Waals surface area contributed by atoms with Crippen LogP contribution in [-0.4, -0.2) is 13.6 Å². The fourth-order valence-corrected chi connectivity index (χ4v) is 2.73. The number of benzene rings is 3. The summed E-state index contributed by atoms with van der Waals surface area (Å²) >= 11 is 0. The van der Waals surface area contributed by atoms with Crippen molar-refractivity contribution in [2.75, 3.05) is 18.5 Å². The summed E-state index contributed by atoms with van der Waals surface area (Å²) in [4.78, 5) is 2.32. The van der Waals surface area contributed by atoms with Gasteiger partial charge >= 0.3 is 0 Å². The summed E-state index contributed by atoms with van der Waals surface area (Å²) < 4.78 is 0. The van der Waals surface area contributed by atoms with Crippen LogP contribution in [0, 0.1) is 0 Å². The molecule has 0 saturated heterocycles. The van der Waals surface area contributed by atoms with Crippen LogP contribution in [0.3, 0.4) is 0 Å². The molecule has 0 saturated carbocycles. The Hall–Kier alpha value is -2.28. The zero-order valence-corrected chi connectivity index (χ0v) is 12.5. The third-order valence-electron chi connectivity index (χ3n) is 3.97. The maximum atomic E-state index is 2.32. The quantitative estimate of drug-likeness (QED) is 0.639. The summed E-state index contributed by atoms with van der Waals surface area (Å²) in [6.45, 7) is 1.08. The van der Waals surface area contributed by atoms with Crippen molar-refractivity contribution in [3.63, 3.8) is 0 Å². The van der Waals surface area contributed by atoms with Crippen molar-refractivity contribution in [2.24, 2.45) is 0 Å². The lowest BCUT2D eigenvalue weighted by Crippen LogP contribution is -2.18. The lowest BCUT2D eigenvalue weighted by atomic mass is 10.0. The highest BCUT2D eigenvalue weighted by atomic mass is 15.1. The zero-order chi connectivity index (χ0) is 14.5. The first-order chi connectivity index (χ1) is 10.3. The molecule has 0 N–H and O–H groups in total. The van der Waals surface area contributed by atoms with Crippen LogP contribution in [0.5, 0.6) is 0 Å². The van der Waals surface area contributed by atoms with Gasteiger partial charge in [-0.1, -0.05) is 60.7 Å². The molecular weight excluding hydrogens is 254 g/mol. The van der Waals surface area contributed by atoms with Crippen molar-refractivity contribution >= 4 is 16.5 Å². The highest BCUT2D eigenvalue weighted by molar-refractivity contribution is 5.82. The molecule has 106 valence electrons. The number of hydrogen-bond acceptors (Lipinski definition) is 1. The van der Waals surface area contributed by atoms with Crippen LogP contribution in [0.1, 0.15) is 12.0 Å². The summed E-state index contributed by atoms with van der Waals surface area (Å²) in [6, 6.07) is 25.9. The third kappa shape index (κ3) is 3.43. The first kappa shape index (κ1) is 13.7. The standard InChI is InChI=1S/C20H21N/c1-21(20-11-3-2-4-12-20)15-7-8-17-13-14-18-9-5-6-10-19(18)16-17/h2-6,9-14,16H,7-8,15H2,1H3. The zero-order valence-electron chi connectivity index (χ0n) is 12.5. The van der Waals surface area contributed by atoms with Gasteiger partial charge in [-0.05, 0) is 41.3 Å². The molecule has 0 spiro atoms. The van der Waals surface area contributed by atoms with Gasteiger partial charge in [-0.15, -0.1) is 0 Å². The van der Waals surface area contributed by atoms with E-state index >= 15 is 0 Å². The van der Waals surface area contributed by atoms with Crippen molar-refractivity contribution in [3.05, 3.63) is 78.4 Å². The monoisotopic (exact) mass is 275 g/mol. The molecule has 0 aliphatic carbocycles. The number of para-hydroxylation sites is 1. The smallest absolute Gasteiger partial charge is 0.0363 e. The predicted octanol–water partition coefficient (Wildman–Crippen LogP) is 4.91. The Labute approximate surface area is 126 Å². The van der Waals surface area contributed by atoms with Crippen molar-refractivity contribution in [1.82, 2.24) is 0 Å². The lowest BCUT2D eigenvalue weighted by molar-refractivity contribution is 0.786. The van der Waals surface area contributed by atoms with E-state index in [9.17, 15) is 0 Å². The minimum absolute atomic E-state index is 1.08. The van der Waals surface area contributed by atoms with Crippen LogP contribution >= 0.6 is 0 Å². The highest BCUT2D eigenvalue weighted by Crippen LogP contribution is 2.17. The maximum Gasteiger partial charge on any atom is 0.0363 e. The third-order valence-corrected chi connectivity index (χ3v) is 3.97. The number of hydrogen-bond donors (Lipinski definition) is 0. The summed E-state index contributed by atoms with van der Waals surface area (Å²) in [6.07, 6.45) is 2.30. The number of anilines is 1.